The van der Waals surface area contributed by atoms with Crippen molar-refractivity contribution in [1.29, 1.82) is 0 Å². The van der Waals surface area contributed by atoms with Crippen molar-refractivity contribution in [3.63, 3.8) is 0 Å². The third kappa shape index (κ3) is 9.99. The van der Waals surface area contributed by atoms with Gasteiger partial charge in [0.2, 0.25) is 0 Å². The van der Waals surface area contributed by atoms with Gasteiger partial charge in [0.05, 0.1) is 11.4 Å². The Morgan fingerprint density at radius 2 is 0.939 bits per heavy atom. The number of nitrogens with one attached hydrogen (secondary N) is 2. The van der Waals surface area contributed by atoms with Gasteiger partial charge in [-0.3, -0.25) is 0 Å². The summed E-state index contributed by atoms with van der Waals surface area (Å²) in [6.45, 7) is 0. The molecule has 164 valence electrons. The van der Waals surface area contributed by atoms with Crippen LogP contribution in [0, 0.1) is 0 Å². The van der Waals surface area contributed by atoms with E-state index in [-0.39, 0.29) is 17.1 Å². The van der Waals surface area contributed by atoms with Crippen molar-refractivity contribution < 1.29 is 17.1 Å². The maximum Gasteiger partial charge on any atom is 2.00 e. The van der Waals surface area contributed by atoms with Gasteiger partial charge in [-0.2, -0.15) is 10.3 Å². The zero-order valence-electron chi connectivity index (χ0n) is 16.9. The topological polar surface area (TPSA) is 120 Å². The minimum atomic E-state index is 0. The van der Waals surface area contributed by atoms with Crippen molar-refractivity contribution in [3.8, 4) is 11.4 Å². The summed E-state index contributed by atoms with van der Waals surface area (Å²) in [5.41, 5.74) is 1.55. The standard InChI is InChI=1S/C20H16N6.2CNS.Fe/c1-3-13-21-17(9-1)25-19-11-5-7-15(23-19)16-8-6-12-20(24-16)26-18-10-2-4-14-22-18;2*2-1-3;/h1-14H,(H,21,23,25)(H,22,24,26);;;/q;2*-1;+2. The van der Waals surface area contributed by atoms with Crippen LogP contribution < -0.4 is 10.6 Å². The summed E-state index contributed by atoms with van der Waals surface area (Å²) in [7, 11) is 0. The second-order valence-electron chi connectivity index (χ2n) is 5.68. The van der Waals surface area contributed by atoms with Gasteiger partial charge in [0.1, 0.15) is 23.3 Å². The fraction of sp³-hybridized carbons (Fsp3) is 0. The van der Waals surface area contributed by atoms with Gasteiger partial charge >= 0.3 is 17.1 Å². The van der Waals surface area contributed by atoms with E-state index in [1.807, 2.05) is 72.8 Å². The van der Waals surface area contributed by atoms with Crippen LogP contribution in [0.15, 0.2) is 85.2 Å². The summed E-state index contributed by atoms with van der Waals surface area (Å²) in [4.78, 5) is 17.8. The van der Waals surface area contributed by atoms with Crippen LogP contribution in [-0.4, -0.2) is 30.3 Å². The first-order chi connectivity index (χ1) is 15.7. The molecule has 4 rings (SSSR count). The Labute approximate surface area is 212 Å². The van der Waals surface area contributed by atoms with E-state index in [0.29, 0.717) is 11.6 Å². The number of anilines is 4. The van der Waals surface area contributed by atoms with Gasteiger partial charge in [0.25, 0.3) is 0 Å². The smallest absolute Gasteiger partial charge is 0.753 e. The summed E-state index contributed by atoms with van der Waals surface area (Å²) in [5.74, 6) is 2.92. The molecule has 2 N–H and O–H groups in total. The Balaban J connectivity index is 0.000000706. The first kappa shape index (κ1) is 27.4. The van der Waals surface area contributed by atoms with E-state index >= 15 is 0 Å². The molecular weight excluding hydrogens is 496 g/mol. The summed E-state index contributed by atoms with van der Waals surface area (Å²) < 4.78 is 0. The van der Waals surface area contributed by atoms with Crippen LogP contribution in [0.4, 0.5) is 23.3 Å². The van der Waals surface area contributed by atoms with Crippen LogP contribution in [0.3, 0.4) is 0 Å². The zero-order chi connectivity index (χ0) is 23.0. The van der Waals surface area contributed by atoms with E-state index in [2.05, 4.69) is 55.0 Å². The van der Waals surface area contributed by atoms with Crippen LogP contribution in [0.25, 0.3) is 22.2 Å². The first-order valence-electron chi connectivity index (χ1n) is 9.03. The van der Waals surface area contributed by atoms with Gasteiger partial charge in [-0.25, -0.2) is 19.9 Å². The molecule has 0 aromatic carbocycles. The molecule has 33 heavy (non-hydrogen) atoms. The molecule has 0 aliphatic heterocycles. The summed E-state index contributed by atoms with van der Waals surface area (Å²) in [6.07, 6.45) is 3.47. The molecule has 8 nitrogen and oxygen atoms in total. The average Bonchev–Trinajstić information content (AvgIpc) is 2.82. The molecule has 0 aliphatic carbocycles. The van der Waals surface area contributed by atoms with E-state index in [9.17, 15) is 0 Å². The molecule has 0 unspecified atom stereocenters. The largest absolute Gasteiger partial charge is 2.00 e. The van der Waals surface area contributed by atoms with Crippen molar-refractivity contribution in [2.75, 3.05) is 10.6 Å². The van der Waals surface area contributed by atoms with Crippen LogP contribution in [0.1, 0.15) is 0 Å². The SMILES string of the molecule is [Fe+2].[N-]=C=S.[N-]=C=S.c1ccc(Nc2cccc(-c3cccc(Nc4ccccn4)n3)n2)nc1. The Kier molecular flexibility index (Phi) is 13.3. The van der Waals surface area contributed by atoms with Gasteiger partial charge in [-0.15, -0.1) is 0 Å². The molecule has 4 aromatic rings. The van der Waals surface area contributed by atoms with Crippen LogP contribution in [0.5, 0.6) is 0 Å². The van der Waals surface area contributed by atoms with Gasteiger partial charge in [0.15, 0.2) is 0 Å². The number of aromatic nitrogens is 4. The molecule has 0 saturated carbocycles. The van der Waals surface area contributed by atoms with Gasteiger partial charge in [0, 0.05) is 12.4 Å². The van der Waals surface area contributed by atoms with E-state index in [1.54, 1.807) is 12.4 Å². The van der Waals surface area contributed by atoms with E-state index in [0.717, 1.165) is 23.0 Å². The zero-order valence-corrected chi connectivity index (χ0v) is 19.7. The molecule has 4 heterocycles. The number of nitrogens with zero attached hydrogens (tertiary/aromatic N) is 6. The normalized spacial score (nSPS) is 8.61. The van der Waals surface area contributed by atoms with Crippen LogP contribution in [-0.2, 0) is 17.1 Å². The molecule has 0 atom stereocenters. The van der Waals surface area contributed by atoms with Crippen molar-refractivity contribution >= 4 is 58.0 Å². The molecule has 0 spiro atoms. The summed E-state index contributed by atoms with van der Waals surface area (Å²) >= 11 is 7.40. The molecule has 0 saturated heterocycles. The number of rotatable bonds is 5. The van der Waals surface area contributed by atoms with Gasteiger partial charge < -0.3 is 21.5 Å². The van der Waals surface area contributed by atoms with Crippen molar-refractivity contribution in [1.82, 2.24) is 19.9 Å². The molecule has 0 fully saturated rings. The molecule has 11 heteroatoms. The predicted molar refractivity (Wildman–Crippen MR) is 134 cm³/mol. The Bertz CT molecular complexity index is 1090. The maximum absolute atomic E-state index is 7.13. The van der Waals surface area contributed by atoms with Crippen LogP contribution >= 0.6 is 24.4 Å². The fourth-order valence-electron chi connectivity index (χ4n) is 2.43. The molecule has 0 bridgehead atoms. The number of thiocarbonyl (C=S) groups is 2. The van der Waals surface area contributed by atoms with Gasteiger partial charge in [-0.05, 0) is 48.5 Å². The minimum absolute atomic E-state index is 0. The molecular formula is C22H16FeN8S2. The van der Waals surface area contributed by atoms with E-state index < -0.39 is 0 Å². The summed E-state index contributed by atoms with van der Waals surface area (Å²) in [6, 6.07) is 22.9. The first-order valence-corrected chi connectivity index (χ1v) is 9.85. The average molecular weight is 512 g/mol. The van der Waals surface area contributed by atoms with Crippen LogP contribution in [0.2, 0.25) is 0 Å². The molecule has 0 aliphatic rings. The Hall–Kier alpha value is -3.68. The van der Waals surface area contributed by atoms with Crippen molar-refractivity contribution in [2.24, 2.45) is 0 Å². The Morgan fingerprint density at radius 1 is 0.576 bits per heavy atom. The Morgan fingerprint density at radius 3 is 1.27 bits per heavy atom. The number of hydrogen-bond donors (Lipinski definition) is 2. The van der Waals surface area contributed by atoms with E-state index in [1.165, 1.54) is 10.3 Å². The fourth-order valence-corrected chi connectivity index (χ4v) is 2.43. The number of hydrogen-bond acceptors (Lipinski definition) is 8. The minimum Gasteiger partial charge on any atom is -0.753 e. The third-order valence-corrected chi connectivity index (χ3v) is 3.60. The molecule has 4 aromatic heterocycles. The van der Waals surface area contributed by atoms with Crippen molar-refractivity contribution in [3.05, 3.63) is 96.0 Å². The number of isothiocyanates is 2. The van der Waals surface area contributed by atoms with Gasteiger partial charge in [-0.1, -0.05) is 48.7 Å². The maximum atomic E-state index is 7.13. The quantitative estimate of drug-likeness (QED) is 0.198. The monoisotopic (exact) mass is 512 g/mol. The predicted octanol–water partition coefficient (Wildman–Crippen LogP) is 5.74. The molecule has 0 radical (unpaired) electrons. The number of pyridine rings is 4. The second-order valence-corrected chi connectivity index (χ2v) is 6.04. The third-order valence-electron chi connectivity index (χ3n) is 3.60. The summed E-state index contributed by atoms with van der Waals surface area (Å²) in [5, 5.41) is 23.3. The van der Waals surface area contributed by atoms with Crippen molar-refractivity contribution in [2.45, 2.75) is 0 Å². The second kappa shape index (κ2) is 16.0. The van der Waals surface area contributed by atoms with E-state index in [4.69, 9.17) is 10.8 Å². The molecule has 0 amide bonds.